The lowest BCUT2D eigenvalue weighted by Gasteiger charge is -2.26. The number of hydrogen-bond acceptors (Lipinski definition) is 3. The Bertz CT molecular complexity index is 394. The van der Waals surface area contributed by atoms with Crippen molar-refractivity contribution in [2.45, 2.75) is 58.7 Å². The summed E-state index contributed by atoms with van der Waals surface area (Å²) in [5.74, 6) is 0.548. The van der Waals surface area contributed by atoms with Crippen LogP contribution in [0.4, 0.5) is 0 Å². The van der Waals surface area contributed by atoms with E-state index < -0.39 is 0 Å². The van der Waals surface area contributed by atoms with E-state index in [9.17, 15) is 0 Å². The standard InChI is InChI=1S/C15H27N3O/c1-5-7-18-11-16-10-13(18)14-12(6-8-19-14)9-17-15(2,3)4/h10-12,14,17H,5-9H2,1-4H3. The molecule has 2 rings (SSSR count). The quantitative estimate of drug-likeness (QED) is 0.889. The minimum Gasteiger partial charge on any atom is -0.372 e. The van der Waals surface area contributed by atoms with Crippen molar-refractivity contribution in [1.82, 2.24) is 14.9 Å². The van der Waals surface area contributed by atoms with Crippen LogP contribution in [0.25, 0.3) is 0 Å². The molecule has 2 atom stereocenters. The normalized spacial score (nSPS) is 24.0. The van der Waals surface area contributed by atoms with Gasteiger partial charge in [-0.25, -0.2) is 4.98 Å². The predicted molar refractivity (Wildman–Crippen MR) is 77.1 cm³/mol. The van der Waals surface area contributed by atoms with Crippen molar-refractivity contribution in [1.29, 1.82) is 0 Å². The fourth-order valence-electron chi connectivity index (χ4n) is 2.60. The Morgan fingerprint density at radius 2 is 2.26 bits per heavy atom. The summed E-state index contributed by atoms with van der Waals surface area (Å²) in [6.45, 7) is 11.7. The van der Waals surface area contributed by atoms with Gasteiger partial charge in [-0.2, -0.15) is 0 Å². The summed E-state index contributed by atoms with van der Waals surface area (Å²) in [5.41, 5.74) is 1.40. The average molecular weight is 265 g/mol. The molecule has 1 aliphatic heterocycles. The zero-order valence-corrected chi connectivity index (χ0v) is 12.6. The molecule has 108 valence electrons. The van der Waals surface area contributed by atoms with E-state index in [2.05, 4.69) is 42.6 Å². The summed E-state index contributed by atoms with van der Waals surface area (Å²) in [6.07, 6.45) is 6.35. The highest BCUT2D eigenvalue weighted by molar-refractivity contribution is 5.07. The molecule has 1 fully saturated rings. The van der Waals surface area contributed by atoms with Crippen molar-refractivity contribution in [3.63, 3.8) is 0 Å². The van der Waals surface area contributed by atoms with Gasteiger partial charge >= 0.3 is 0 Å². The number of aromatic nitrogens is 2. The molecule has 0 amide bonds. The van der Waals surface area contributed by atoms with Crippen LogP contribution in [0.5, 0.6) is 0 Å². The van der Waals surface area contributed by atoms with Gasteiger partial charge in [0.25, 0.3) is 0 Å². The first-order valence-corrected chi connectivity index (χ1v) is 7.38. The fourth-order valence-corrected chi connectivity index (χ4v) is 2.60. The topological polar surface area (TPSA) is 39.1 Å². The zero-order valence-electron chi connectivity index (χ0n) is 12.6. The second-order valence-electron chi connectivity index (χ2n) is 6.48. The van der Waals surface area contributed by atoms with Crippen LogP contribution in [-0.2, 0) is 11.3 Å². The second kappa shape index (κ2) is 6.06. The SMILES string of the molecule is CCCn1cncc1C1OCCC1CNC(C)(C)C. The highest BCUT2D eigenvalue weighted by atomic mass is 16.5. The van der Waals surface area contributed by atoms with E-state index in [4.69, 9.17) is 4.74 Å². The minimum absolute atomic E-state index is 0.163. The van der Waals surface area contributed by atoms with Crippen molar-refractivity contribution in [2.24, 2.45) is 5.92 Å². The van der Waals surface area contributed by atoms with Gasteiger partial charge in [-0.3, -0.25) is 0 Å². The molecule has 1 aliphatic rings. The second-order valence-corrected chi connectivity index (χ2v) is 6.48. The minimum atomic E-state index is 0.163. The molecule has 4 nitrogen and oxygen atoms in total. The molecular weight excluding hydrogens is 238 g/mol. The predicted octanol–water partition coefficient (Wildman–Crippen LogP) is 2.76. The smallest absolute Gasteiger partial charge is 0.103 e. The average Bonchev–Trinajstić information content (AvgIpc) is 2.93. The van der Waals surface area contributed by atoms with Crippen LogP contribution in [0.2, 0.25) is 0 Å². The van der Waals surface area contributed by atoms with E-state index in [0.29, 0.717) is 5.92 Å². The van der Waals surface area contributed by atoms with Crippen LogP contribution in [0.15, 0.2) is 12.5 Å². The molecule has 0 aliphatic carbocycles. The number of nitrogens with one attached hydrogen (secondary N) is 1. The molecule has 2 unspecified atom stereocenters. The monoisotopic (exact) mass is 265 g/mol. The van der Waals surface area contributed by atoms with E-state index >= 15 is 0 Å². The molecule has 1 N–H and O–H groups in total. The molecule has 0 spiro atoms. The lowest BCUT2D eigenvalue weighted by atomic mass is 9.97. The van der Waals surface area contributed by atoms with Crippen LogP contribution < -0.4 is 5.32 Å². The van der Waals surface area contributed by atoms with Crippen molar-refractivity contribution >= 4 is 0 Å². The molecule has 4 heteroatoms. The van der Waals surface area contributed by atoms with E-state index in [-0.39, 0.29) is 11.6 Å². The third-order valence-electron chi connectivity index (χ3n) is 3.61. The Morgan fingerprint density at radius 1 is 1.47 bits per heavy atom. The first kappa shape index (κ1) is 14.5. The molecule has 0 bridgehead atoms. The molecule has 0 saturated carbocycles. The van der Waals surface area contributed by atoms with Crippen LogP contribution in [0, 0.1) is 5.92 Å². The first-order valence-electron chi connectivity index (χ1n) is 7.38. The summed E-state index contributed by atoms with van der Waals surface area (Å²) in [7, 11) is 0. The Morgan fingerprint density at radius 3 is 2.95 bits per heavy atom. The molecule has 2 heterocycles. The summed E-state index contributed by atoms with van der Waals surface area (Å²) < 4.78 is 8.20. The maximum absolute atomic E-state index is 5.96. The molecule has 0 aromatic carbocycles. The van der Waals surface area contributed by atoms with Gasteiger partial charge in [-0.05, 0) is 33.6 Å². The van der Waals surface area contributed by atoms with Gasteiger partial charge in [-0.1, -0.05) is 6.92 Å². The number of nitrogens with zero attached hydrogens (tertiary/aromatic N) is 2. The van der Waals surface area contributed by atoms with E-state index in [0.717, 1.165) is 32.5 Å². The van der Waals surface area contributed by atoms with Crippen molar-refractivity contribution in [3.05, 3.63) is 18.2 Å². The Labute approximate surface area is 116 Å². The first-order chi connectivity index (χ1) is 9.01. The third kappa shape index (κ3) is 3.80. The summed E-state index contributed by atoms with van der Waals surface area (Å²) >= 11 is 0. The van der Waals surface area contributed by atoms with Gasteiger partial charge in [0.1, 0.15) is 6.10 Å². The van der Waals surface area contributed by atoms with Crippen LogP contribution in [0.3, 0.4) is 0 Å². The van der Waals surface area contributed by atoms with Crippen LogP contribution in [-0.4, -0.2) is 28.2 Å². The van der Waals surface area contributed by atoms with Crippen LogP contribution in [0.1, 0.15) is 52.3 Å². The van der Waals surface area contributed by atoms with Crippen LogP contribution >= 0.6 is 0 Å². The number of hydrogen-bond donors (Lipinski definition) is 1. The Hall–Kier alpha value is -0.870. The number of imidazole rings is 1. The molecular formula is C15H27N3O. The van der Waals surface area contributed by atoms with Crippen molar-refractivity contribution in [3.8, 4) is 0 Å². The highest BCUT2D eigenvalue weighted by Crippen LogP contribution is 2.34. The van der Waals surface area contributed by atoms with Gasteiger partial charge in [-0.15, -0.1) is 0 Å². The van der Waals surface area contributed by atoms with Gasteiger partial charge in [0.15, 0.2) is 0 Å². The maximum atomic E-state index is 5.96. The Kier molecular flexibility index (Phi) is 4.63. The summed E-state index contributed by atoms with van der Waals surface area (Å²) in [6, 6.07) is 0. The molecule has 1 aromatic heterocycles. The summed E-state index contributed by atoms with van der Waals surface area (Å²) in [4.78, 5) is 4.29. The largest absolute Gasteiger partial charge is 0.372 e. The maximum Gasteiger partial charge on any atom is 0.103 e. The van der Waals surface area contributed by atoms with Gasteiger partial charge in [0, 0.05) is 31.2 Å². The number of aryl methyl sites for hydroxylation is 1. The zero-order chi connectivity index (χ0) is 13.9. The molecule has 1 saturated heterocycles. The number of rotatable bonds is 5. The van der Waals surface area contributed by atoms with Gasteiger partial charge in [0.05, 0.1) is 18.2 Å². The molecule has 0 radical (unpaired) electrons. The Balaban J connectivity index is 2.03. The third-order valence-corrected chi connectivity index (χ3v) is 3.61. The van der Waals surface area contributed by atoms with Gasteiger partial charge in [0.2, 0.25) is 0 Å². The molecule has 1 aromatic rings. The highest BCUT2D eigenvalue weighted by Gasteiger charge is 2.32. The van der Waals surface area contributed by atoms with E-state index in [1.807, 2.05) is 12.5 Å². The van der Waals surface area contributed by atoms with E-state index in [1.54, 1.807) is 0 Å². The number of ether oxygens (including phenoxy) is 1. The van der Waals surface area contributed by atoms with E-state index in [1.165, 1.54) is 5.69 Å². The van der Waals surface area contributed by atoms with Gasteiger partial charge < -0.3 is 14.6 Å². The fraction of sp³-hybridized carbons (Fsp3) is 0.800. The molecule has 19 heavy (non-hydrogen) atoms. The lowest BCUT2D eigenvalue weighted by Crippen LogP contribution is -2.39. The summed E-state index contributed by atoms with van der Waals surface area (Å²) in [5, 5.41) is 3.60. The lowest BCUT2D eigenvalue weighted by molar-refractivity contribution is 0.0823. The van der Waals surface area contributed by atoms with Crippen molar-refractivity contribution in [2.75, 3.05) is 13.2 Å². The van der Waals surface area contributed by atoms with Crippen molar-refractivity contribution < 1.29 is 4.74 Å².